The van der Waals surface area contributed by atoms with Crippen molar-refractivity contribution in [2.75, 3.05) is 0 Å². The van der Waals surface area contributed by atoms with Crippen LogP contribution in [0.25, 0.3) is 0 Å². The molecule has 1 aromatic heterocycles. The van der Waals surface area contributed by atoms with Gasteiger partial charge in [-0.05, 0) is 61.6 Å². The van der Waals surface area contributed by atoms with Gasteiger partial charge in [0.15, 0.2) is 0 Å². The zero-order chi connectivity index (χ0) is 20.4. The molecule has 1 heterocycles. The van der Waals surface area contributed by atoms with Crippen molar-refractivity contribution >= 4 is 23.8 Å². The smallest absolute Gasteiger partial charge is 1.00 e. The minimum absolute atomic E-state index is 0. The molecule has 0 saturated heterocycles. The van der Waals surface area contributed by atoms with Crippen LogP contribution in [-0.4, -0.2) is 17.4 Å². The molecule has 0 saturated carbocycles. The summed E-state index contributed by atoms with van der Waals surface area (Å²) in [4.78, 5) is 12.8. The Kier molecular flexibility index (Phi) is 16.6. The van der Waals surface area contributed by atoms with Crippen LogP contribution in [0, 0.1) is 34.6 Å². The summed E-state index contributed by atoms with van der Waals surface area (Å²) in [5.41, 5.74) is 8.14. The zero-order valence-corrected chi connectivity index (χ0v) is 20.9. The molecule has 0 N–H and O–H groups in total. The average Bonchev–Trinajstić information content (AvgIpc) is 2.69. The molecule has 0 bridgehead atoms. The number of para-hydroxylation sites is 2. The van der Waals surface area contributed by atoms with Gasteiger partial charge < -0.3 is 31.7 Å². The number of hydrogen-bond donors (Lipinski definition) is 0. The third kappa shape index (κ3) is 10.2. The van der Waals surface area contributed by atoms with Gasteiger partial charge in [0.05, 0.1) is 11.4 Å². The Balaban J connectivity index is 0. The summed E-state index contributed by atoms with van der Waals surface area (Å²) in [5, 5.41) is 0. The minimum Gasteiger partial charge on any atom is -1.00 e. The molecule has 0 atom stereocenters. The van der Waals surface area contributed by atoms with Crippen molar-refractivity contribution in [3.8, 4) is 0 Å². The summed E-state index contributed by atoms with van der Waals surface area (Å²) in [7, 11) is 0. The van der Waals surface area contributed by atoms with Gasteiger partial charge in [-0.2, -0.15) is 0 Å². The largest absolute Gasteiger partial charge is 3.00 e. The molecule has 31 heavy (non-hydrogen) atoms. The molecule has 0 unspecified atom stereocenters. The Morgan fingerprint density at radius 2 is 1.26 bits per heavy atom. The van der Waals surface area contributed by atoms with Gasteiger partial charge in [-0.3, -0.25) is 15.0 Å². The van der Waals surface area contributed by atoms with Gasteiger partial charge in [0.25, 0.3) is 0 Å². The molecule has 0 fully saturated rings. The monoisotopic (exact) mass is 496 g/mol. The molecule has 3 rings (SSSR count). The molecule has 3 nitrogen and oxygen atoms in total. The van der Waals surface area contributed by atoms with E-state index in [1.54, 1.807) is 12.4 Å². The number of nitrogens with zero attached hydrogens (tertiary/aromatic N) is 3. The van der Waals surface area contributed by atoms with Gasteiger partial charge in [0.1, 0.15) is 0 Å². The van der Waals surface area contributed by atoms with Gasteiger partial charge in [0.2, 0.25) is 0 Å². The fourth-order valence-electron chi connectivity index (χ4n) is 2.87. The summed E-state index contributed by atoms with van der Waals surface area (Å²) >= 11 is 0. The first-order valence-corrected chi connectivity index (χ1v) is 9.38. The number of benzene rings is 2. The van der Waals surface area contributed by atoms with Crippen LogP contribution in [0.3, 0.4) is 0 Å². The fraction of sp³-hybridized carbons (Fsp3) is 0.200. The quantitative estimate of drug-likeness (QED) is 0.294. The number of aryl methyl sites for hydroxylation is 4. The van der Waals surface area contributed by atoms with E-state index in [2.05, 4.69) is 86.0 Å². The molecular weight excluding hydrogens is 469 g/mol. The number of rotatable bonds is 4. The molecular formula is C25H28Cl2FeN3. The van der Waals surface area contributed by atoms with E-state index in [0.29, 0.717) is 0 Å². The number of halogens is 2. The molecule has 0 aliphatic rings. The summed E-state index contributed by atoms with van der Waals surface area (Å²) in [6.45, 7) is 11.8. The molecule has 2 aromatic carbocycles. The molecule has 1 radical (unpaired) electrons. The molecule has 0 aliphatic heterocycles. The summed E-state index contributed by atoms with van der Waals surface area (Å²) in [6, 6.07) is 16.4. The van der Waals surface area contributed by atoms with Gasteiger partial charge in [-0.25, -0.2) is 0 Å². The normalized spacial score (nSPS) is 9.81. The van der Waals surface area contributed by atoms with Crippen LogP contribution in [0.5, 0.6) is 0 Å². The molecule has 3 aromatic rings. The molecule has 165 valence electrons. The number of pyridine rings is 1. The second-order valence-electron chi connectivity index (χ2n) is 6.67. The van der Waals surface area contributed by atoms with Gasteiger partial charge in [-0.1, -0.05) is 42.5 Å². The van der Waals surface area contributed by atoms with E-state index in [9.17, 15) is 0 Å². The van der Waals surface area contributed by atoms with Crippen LogP contribution >= 0.6 is 0 Å². The van der Waals surface area contributed by atoms with E-state index in [4.69, 9.17) is 0 Å². The predicted molar refractivity (Wildman–Crippen MR) is 121 cm³/mol. The predicted octanol–water partition coefficient (Wildman–Crippen LogP) is 0.489. The first-order valence-electron chi connectivity index (χ1n) is 9.38. The third-order valence-electron chi connectivity index (χ3n) is 4.37. The second-order valence-corrected chi connectivity index (χ2v) is 6.67. The van der Waals surface area contributed by atoms with E-state index >= 15 is 0 Å². The maximum absolute atomic E-state index is 4.55. The van der Waals surface area contributed by atoms with Gasteiger partial charge in [-0.15, -0.1) is 6.21 Å². The van der Waals surface area contributed by atoms with Gasteiger partial charge >= 0.3 is 17.1 Å². The number of hydrogen-bond acceptors (Lipinski definition) is 3. The maximum Gasteiger partial charge on any atom is 3.00 e. The Bertz CT molecular complexity index is 918. The van der Waals surface area contributed by atoms with Crippen molar-refractivity contribution in [3.05, 3.63) is 95.7 Å². The van der Waals surface area contributed by atoms with E-state index < -0.39 is 0 Å². The fourth-order valence-corrected chi connectivity index (χ4v) is 2.87. The Hall–Kier alpha value is -2.10. The Morgan fingerprint density at radius 1 is 0.774 bits per heavy atom. The number of aliphatic imine (C=N–C) groups is 2. The molecule has 0 amide bonds. The van der Waals surface area contributed by atoms with Crippen LogP contribution in [-0.2, 0) is 23.5 Å². The summed E-state index contributed by atoms with van der Waals surface area (Å²) in [5.74, 6) is 0. The van der Waals surface area contributed by atoms with Crippen LogP contribution in [0.4, 0.5) is 11.4 Å². The van der Waals surface area contributed by atoms with Crippen molar-refractivity contribution in [2.24, 2.45) is 9.98 Å². The zero-order valence-electron chi connectivity index (χ0n) is 18.3. The number of aromatic nitrogens is 1. The van der Waals surface area contributed by atoms with Crippen molar-refractivity contribution in [1.82, 2.24) is 4.98 Å². The van der Waals surface area contributed by atoms with Crippen molar-refractivity contribution < 1.29 is 41.9 Å². The van der Waals surface area contributed by atoms with Crippen molar-refractivity contribution in [1.29, 1.82) is 0 Å². The average molecular weight is 497 g/mol. The Morgan fingerprint density at radius 3 is 1.68 bits per heavy atom. The van der Waals surface area contributed by atoms with Crippen molar-refractivity contribution in [2.45, 2.75) is 34.1 Å². The standard InChI is InChI=1S/C15H16N2.C10H12N.2ClH.Fe/c1-12-5-3-6-13(2)15(12)17-10-8-14-7-4-9-16-11-14;1-4-11-10-8(2)6-5-7-9(10)3;;;/h3-7,9-11H,8H2,1-2H3;4-7H,1H2,2-3H3;2*1H;/q;-1;;;+3/p-2. The van der Waals surface area contributed by atoms with Crippen LogP contribution in [0.1, 0.15) is 27.8 Å². The van der Waals surface area contributed by atoms with Crippen molar-refractivity contribution in [3.63, 3.8) is 0 Å². The first kappa shape index (κ1) is 31.1. The van der Waals surface area contributed by atoms with Crippen LogP contribution in [0.15, 0.2) is 70.9 Å². The minimum atomic E-state index is 0. The van der Waals surface area contributed by atoms with Gasteiger partial charge in [0, 0.05) is 25.0 Å². The van der Waals surface area contributed by atoms with E-state index in [1.807, 2.05) is 24.5 Å². The Labute approximate surface area is 209 Å². The molecule has 6 heteroatoms. The maximum atomic E-state index is 4.55. The van der Waals surface area contributed by atoms with Crippen LogP contribution in [0.2, 0.25) is 0 Å². The van der Waals surface area contributed by atoms with E-state index in [1.165, 1.54) is 27.8 Å². The first-order chi connectivity index (χ1) is 13.5. The van der Waals surface area contributed by atoms with E-state index in [-0.39, 0.29) is 41.9 Å². The topological polar surface area (TPSA) is 37.6 Å². The summed E-state index contributed by atoms with van der Waals surface area (Å²) < 4.78 is 0. The summed E-state index contributed by atoms with van der Waals surface area (Å²) in [6.07, 6.45) is 8.01. The van der Waals surface area contributed by atoms with E-state index in [0.717, 1.165) is 17.8 Å². The third-order valence-corrected chi connectivity index (χ3v) is 4.37. The molecule has 0 spiro atoms. The molecule has 0 aliphatic carbocycles. The second kappa shape index (κ2) is 16.6. The SMILES string of the molecule is Cc1cccc(C)c1N=CCc1cccnc1.[CH2-]C=Nc1c(C)cccc1C.[Cl-].[Cl-].[Fe+3]. The van der Waals surface area contributed by atoms with Crippen LogP contribution < -0.4 is 24.8 Å².